The largest absolute Gasteiger partial charge is 0.389 e. The van der Waals surface area contributed by atoms with E-state index in [1.165, 1.54) is 41.6 Å². The van der Waals surface area contributed by atoms with Gasteiger partial charge >= 0.3 is 0 Å². The van der Waals surface area contributed by atoms with Gasteiger partial charge in [0.2, 0.25) is 0 Å². The summed E-state index contributed by atoms with van der Waals surface area (Å²) >= 11 is 0. The number of carbonyl (C=O) groups is 1. The number of halogens is 1. The van der Waals surface area contributed by atoms with E-state index in [2.05, 4.69) is 10.6 Å². The minimum absolute atomic E-state index is 0.0379. The molecule has 0 saturated carbocycles. The Kier molecular flexibility index (Phi) is 6.09. The zero-order valence-corrected chi connectivity index (χ0v) is 13.3. The molecule has 5 heteroatoms. The molecule has 0 fully saturated rings. The minimum atomic E-state index is -0.535. The van der Waals surface area contributed by atoms with E-state index in [1.54, 1.807) is 0 Å². The number of amides is 1. The van der Waals surface area contributed by atoms with Gasteiger partial charge in [0.15, 0.2) is 0 Å². The van der Waals surface area contributed by atoms with Crippen LogP contribution in [0.3, 0.4) is 0 Å². The topological polar surface area (TPSA) is 64.9 Å². The van der Waals surface area contributed by atoms with Crippen molar-refractivity contribution in [1.29, 1.82) is 5.26 Å². The second-order valence-corrected chi connectivity index (χ2v) is 5.26. The molecule has 0 heterocycles. The van der Waals surface area contributed by atoms with E-state index in [1.807, 2.05) is 37.3 Å². The molecule has 2 rings (SSSR count). The zero-order chi connectivity index (χ0) is 17.4. The Morgan fingerprint density at radius 1 is 1.21 bits per heavy atom. The van der Waals surface area contributed by atoms with Crippen molar-refractivity contribution in [2.75, 3.05) is 11.9 Å². The number of nitriles is 1. The average molecular weight is 323 g/mol. The fourth-order valence-electron chi connectivity index (χ4n) is 2.15. The number of anilines is 1. The first-order valence-electron chi connectivity index (χ1n) is 7.55. The highest BCUT2D eigenvalue weighted by atomic mass is 19.1. The predicted octanol–water partition coefficient (Wildman–Crippen LogP) is 3.31. The van der Waals surface area contributed by atoms with Crippen molar-refractivity contribution in [2.24, 2.45) is 0 Å². The summed E-state index contributed by atoms with van der Waals surface area (Å²) in [4.78, 5) is 12.0. The highest BCUT2D eigenvalue weighted by molar-refractivity contribution is 6.06. The molecule has 2 aromatic rings. The smallest absolute Gasteiger partial charge is 0.267 e. The van der Waals surface area contributed by atoms with Crippen LogP contribution in [0.15, 0.2) is 60.3 Å². The number of benzene rings is 2. The van der Waals surface area contributed by atoms with Gasteiger partial charge in [-0.15, -0.1) is 0 Å². The van der Waals surface area contributed by atoms with Gasteiger partial charge in [-0.1, -0.05) is 24.3 Å². The van der Waals surface area contributed by atoms with Gasteiger partial charge in [0, 0.05) is 18.4 Å². The molecule has 0 aliphatic heterocycles. The molecule has 0 saturated heterocycles. The van der Waals surface area contributed by atoms with Crippen molar-refractivity contribution in [1.82, 2.24) is 5.32 Å². The van der Waals surface area contributed by atoms with Gasteiger partial charge in [0.1, 0.15) is 17.5 Å². The number of hydrogen-bond acceptors (Lipinski definition) is 3. The van der Waals surface area contributed by atoms with Crippen molar-refractivity contribution in [3.63, 3.8) is 0 Å². The molecule has 0 spiro atoms. The van der Waals surface area contributed by atoms with Gasteiger partial charge in [0.05, 0.1) is 0 Å². The summed E-state index contributed by atoms with van der Waals surface area (Å²) < 4.78 is 12.8. The van der Waals surface area contributed by atoms with E-state index in [0.717, 1.165) is 6.42 Å². The molecule has 0 aliphatic carbocycles. The number of rotatable bonds is 6. The van der Waals surface area contributed by atoms with E-state index < -0.39 is 5.91 Å². The second kappa shape index (κ2) is 8.49. The molecule has 0 unspecified atom stereocenters. The highest BCUT2D eigenvalue weighted by Crippen LogP contribution is 2.10. The van der Waals surface area contributed by atoms with Gasteiger partial charge in [-0.2, -0.15) is 5.26 Å². The zero-order valence-electron chi connectivity index (χ0n) is 13.3. The van der Waals surface area contributed by atoms with Crippen LogP contribution in [0.4, 0.5) is 10.1 Å². The van der Waals surface area contributed by atoms with E-state index >= 15 is 0 Å². The highest BCUT2D eigenvalue weighted by Gasteiger charge is 2.09. The molecule has 0 aromatic heterocycles. The Morgan fingerprint density at radius 3 is 2.58 bits per heavy atom. The van der Waals surface area contributed by atoms with Gasteiger partial charge in [-0.05, 0) is 48.7 Å². The van der Waals surface area contributed by atoms with Crippen molar-refractivity contribution < 1.29 is 9.18 Å². The lowest BCUT2D eigenvalue weighted by atomic mass is 10.1. The first-order valence-corrected chi connectivity index (χ1v) is 7.55. The van der Waals surface area contributed by atoms with Crippen LogP contribution in [0.25, 0.3) is 0 Å². The van der Waals surface area contributed by atoms with Crippen molar-refractivity contribution >= 4 is 11.6 Å². The lowest BCUT2D eigenvalue weighted by molar-refractivity contribution is -0.112. The van der Waals surface area contributed by atoms with E-state index in [0.29, 0.717) is 12.2 Å². The molecule has 0 bridgehead atoms. The molecular formula is C19H18FN3O. The number of nitrogens with zero attached hydrogens (tertiary/aromatic N) is 1. The summed E-state index contributed by atoms with van der Waals surface area (Å²) in [6.45, 7) is 2.65. The molecule has 24 heavy (non-hydrogen) atoms. The molecule has 4 nitrogen and oxygen atoms in total. The lowest BCUT2D eigenvalue weighted by Gasteiger charge is -2.07. The Labute approximate surface area is 140 Å². The molecule has 122 valence electrons. The summed E-state index contributed by atoms with van der Waals surface area (Å²) in [7, 11) is 0. The number of carbonyl (C=O) groups excluding carboxylic acids is 1. The first kappa shape index (κ1) is 17.2. The fourth-order valence-corrected chi connectivity index (χ4v) is 2.15. The molecule has 2 aromatic carbocycles. The Bertz CT molecular complexity index is 776. The Morgan fingerprint density at radius 2 is 1.92 bits per heavy atom. The Hall–Kier alpha value is -3.13. The SMILES string of the molecule is Cc1ccccc1CCN/C=C(/C#N)C(=O)Nc1ccc(F)cc1. The summed E-state index contributed by atoms with van der Waals surface area (Å²) in [6, 6.07) is 15.3. The van der Waals surface area contributed by atoms with Gasteiger partial charge < -0.3 is 10.6 Å². The number of hydrogen-bond donors (Lipinski definition) is 2. The average Bonchev–Trinajstić information content (AvgIpc) is 2.58. The maximum atomic E-state index is 12.8. The Balaban J connectivity index is 1.89. The molecular weight excluding hydrogens is 305 g/mol. The predicted molar refractivity (Wildman–Crippen MR) is 91.6 cm³/mol. The molecule has 2 N–H and O–H groups in total. The van der Waals surface area contributed by atoms with E-state index in [9.17, 15) is 9.18 Å². The van der Waals surface area contributed by atoms with Crippen LogP contribution in [0.1, 0.15) is 11.1 Å². The maximum Gasteiger partial charge on any atom is 0.267 e. The molecule has 0 aliphatic rings. The van der Waals surface area contributed by atoms with Gasteiger partial charge in [0.25, 0.3) is 5.91 Å². The summed E-state index contributed by atoms with van der Waals surface area (Å²) in [5.41, 5.74) is 2.82. The van der Waals surface area contributed by atoms with E-state index in [4.69, 9.17) is 5.26 Å². The van der Waals surface area contributed by atoms with Crippen LogP contribution >= 0.6 is 0 Å². The van der Waals surface area contributed by atoms with Crippen LogP contribution < -0.4 is 10.6 Å². The first-order chi connectivity index (χ1) is 11.6. The van der Waals surface area contributed by atoms with Crippen LogP contribution in [0, 0.1) is 24.1 Å². The van der Waals surface area contributed by atoms with Crippen molar-refractivity contribution in [2.45, 2.75) is 13.3 Å². The van der Waals surface area contributed by atoms with Crippen molar-refractivity contribution in [3.05, 3.63) is 77.2 Å². The van der Waals surface area contributed by atoms with Gasteiger partial charge in [-0.25, -0.2) is 4.39 Å². The number of nitrogens with one attached hydrogen (secondary N) is 2. The summed E-state index contributed by atoms with van der Waals surface area (Å²) in [6.07, 6.45) is 2.19. The monoisotopic (exact) mass is 323 g/mol. The fraction of sp³-hybridized carbons (Fsp3) is 0.158. The van der Waals surface area contributed by atoms with E-state index in [-0.39, 0.29) is 11.4 Å². The van der Waals surface area contributed by atoms with Crippen LogP contribution in [0.5, 0.6) is 0 Å². The third-order valence-corrected chi connectivity index (χ3v) is 3.51. The minimum Gasteiger partial charge on any atom is -0.389 e. The summed E-state index contributed by atoms with van der Waals surface area (Å²) in [5, 5.41) is 14.6. The number of aryl methyl sites for hydroxylation is 1. The third-order valence-electron chi connectivity index (χ3n) is 3.51. The van der Waals surface area contributed by atoms with Crippen LogP contribution in [0.2, 0.25) is 0 Å². The lowest BCUT2D eigenvalue weighted by Crippen LogP contribution is -2.18. The maximum absolute atomic E-state index is 12.8. The van der Waals surface area contributed by atoms with Crippen LogP contribution in [-0.4, -0.2) is 12.5 Å². The normalized spacial score (nSPS) is 10.8. The molecule has 0 atom stereocenters. The summed E-state index contributed by atoms with van der Waals surface area (Å²) in [5.74, 6) is -0.922. The second-order valence-electron chi connectivity index (χ2n) is 5.26. The van der Waals surface area contributed by atoms with Crippen molar-refractivity contribution in [3.8, 4) is 6.07 Å². The van der Waals surface area contributed by atoms with Crippen LogP contribution in [-0.2, 0) is 11.2 Å². The standard InChI is InChI=1S/C19H18FN3O/c1-14-4-2-3-5-15(14)10-11-22-13-16(12-21)19(24)23-18-8-6-17(20)7-9-18/h2-9,13,22H,10-11H2,1H3,(H,23,24)/b16-13-. The molecule has 1 amide bonds. The molecule has 0 radical (unpaired) electrons. The van der Waals surface area contributed by atoms with Gasteiger partial charge in [-0.3, -0.25) is 4.79 Å². The third kappa shape index (κ3) is 4.96. The quantitative estimate of drug-likeness (QED) is 0.487.